The lowest BCUT2D eigenvalue weighted by molar-refractivity contribution is -0.135. The molecular formula is C21H31ClN4O2. The minimum absolute atomic E-state index is 0.121. The van der Waals surface area contributed by atoms with Gasteiger partial charge in [-0.05, 0) is 42.9 Å². The van der Waals surface area contributed by atoms with Crippen LogP contribution in [-0.2, 0) is 4.79 Å². The number of anilines is 1. The van der Waals surface area contributed by atoms with Crippen molar-refractivity contribution in [1.82, 2.24) is 14.7 Å². The lowest BCUT2D eigenvalue weighted by Crippen LogP contribution is -2.53. The summed E-state index contributed by atoms with van der Waals surface area (Å²) >= 11 is 6.13. The second-order valence-electron chi connectivity index (χ2n) is 8.40. The first kappa shape index (κ1) is 20.9. The van der Waals surface area contributed by atoms with Gasteiger partial charge in [0.05, 0.1) is 6.54 Å². The van der Waals surface area contributed by atoms with Crippen LogP contribution in [0, 0.1) is 18.8 Å². The van der Waals surface area contributed by atoms with Gasteiger partial charge < -0.3 is 15.1 Å². The molecule has 0 aliphatic carbocycles. The third-order valence-corrected chi connectivity index (χ3v) is 6.07. The van der Waals surface area contributed by atoms with Crippen molar-refractivity contribution in [3.63, 3.8) is 0 Å². The second-order valence-corrected chi connectivity index (χ2v) is 8.81. The second kappa shape index (κ2) is 9.14. The predicted octanol–water partition coefficient (Wildman–Crippen LogP) is 3.30. The monoisotopic (exact) mass is 406 g/mol. The molecule has 154 valence electrons. The molecule has 2 aliphatic rings. The number of benzene rings is 1. The molecule has 0 saturated carbocycles. The lowest BCUT2D eigenvalue weighted by atomic mass is 9.92. The number of hydrogen-bond acceptors (Lipinski definition) is 3. The van der Waals surface area contributed by atoms with Crippen molar-refractivity contribution in [1.29, 1.82) is 0 Å². The molecule has 3 rings (SSSR count). The zero-order valence-electron chi connectivity index (χ0n) is 17.1. The third kappa shape index (κ3) is 5.39. The Labute approximate surface area is 172 Å². The molecule has 7 heteroatoms. The van der Waals surface area contributed by atoms with E-state index in [0.29, 0.717) is 55.3 Å². The van der Waals surface area contributed by atoms with Crippen LogP contribution in [-0.4, -0.2) is 72.5 Å². The highest BCUT2D eigenvalue weighted by Gasteiger charge is 2.28. The summed E-state index contributed by atoms with van der Waals surface area (Å²) in [5.41, 5.74) is 1.68. The number of nitrogens with zero attached hydrogens (tertiary/aromatic N) is 3. The van der Waals surface area contributed by atoms with E-state index in [4.69, 9.17) is 11.6 Å². The maximum absolute atomic E-state index is 12.7. The van der Waals surface area contributed by atoms with Gasteiger partial charge in [-0.15, -0.1) is 0 Å². The van der Waals surface area contributed by atoms with Gasteiger partial charge in [0, 0.05) is 50.0 Å². The summed E-state index contributed by atoms with van der Waals surface area (Å²) in [4.78, 5) is 31.1. The number of carbonyl (C=O) groups excluding carboxylic acids is 2. The molecule has 1 aromatic rings. The van der Waals surface area contributed by atoms with Gasteiger partial charge in [-0.2, -0.15) is 0 Å². The van der Waals surface area contributed by atoms with Crippen molar-refractivity contribution >= 4 is 29.2 Å². The molecule has 2 unspecified atom stereocenters. The lowest BCUT2D eigenvalue weighted by Gasteiger charge is -2.38. The normalized spacial score (nSPS) is 23.6. The molecule has 1 N–H and O–H groups in total. The topological polar surface area (TPSA) is 55.9 Å². The molecule has 0 bridgehead atoms. The first-order valence-corrected chi connectivity index (χ1v) is 10.5. The largest absolute Gasteiger partial charge is 0.341 e. The average molecular weight is 407 g/mol. The number of nitrogens with one attached hydrogen (secondary N) is 1. The van der Waals surface area contributed by atoms with Gasteiger partial charge in [-0.25, -0.2) is 4.79 Å². The van der Waals surface area contributed by atoms with Gasteiger partial charge in [0.1, 0.15) is 0 Å². The summed E-state index contributed by atoms with van der Waals surface area (Å²) in [6, 6.07) is 5.40. The number of carbonyl (C=O) groups is 2. The maximum atomic E-state index is 12.7. The van der Waals surface area contributed by atoms with Gasteiger partial charge in [0.25, 0.3) is 0 Å². The standard InChI is InChI=1S/C21H31ClN4O2/c1-15-10-16(2)13-26(12-15)20(27)14-24-6-8-25(9-7-24)21(28)23-18-5-4-17(3)19(22)11-18/h4-5,11,15-16H,6-10,12-14H2,1-3H3,(H,23,28). The van der Waals surface area contributed by atoms with Crippen LogP contribution < -0.4 is 5.32 Å². The van der Waals surface area contributed by atoms with Crippen molar-refractivity contribution in [3.05, 3.63) is 28.8 Å². The van der Waals surface area contributed by atoms with Crippen molar-refractivity contribution < 1.29 is 9.59 Å². The van der Waals surface area contributed by atoms with E-state index < -0.39 is 0 Å². The van der Waals surface area contributed by atoms with Crippen LogP contribution >= 0.6 is 11.6 Å². The van der Waals surface area contributed by atoms with E-state index in [2.05, 4.69) is 24.1 Å². The zero-order valence-corrected chi connectivity index (χ0v) is 17.8. The van der Waals surface area contributed by atoms with Gasteiger partial charge in [-0.1, -0.05) is 31.5 Å². The number of rotatable bonds is 3. The number of piperazine rings is 1. The van der Waals surface area contributed by atoms with E-state index in [1.54, 1.807) is 11.0 Å². The van der Waals surface area contributed by atoms with Crippen LogP contribution in [0.5, 0.6) is 0 Å². The van der Waals surface area contributed by atoms with Crippen LogP contribution in [0.1, 0.15) is 25.8 Å². The molecular weight excluding hydrogens is 376 g/mol. The Morgan fingerprint density at radius 3 is 2.32 bits per heavy atom. The molecule has 28 heavy (non-hydrogen) atoms. The quantitative estimate of drug-likeness (QED) is 0.837. The Hall–Kier alpha value is -1.79. The van der Waals surface area contributed by atoms with Crippen LogP contribution in [0.15, 0.2) is 18.2 Å². The maximum Gasteiger partial charge on any atom is 0.321 e. The molecule has 2 aliphatic heterocycles. The first-order chi connectivity index (χ1) is 13.3. The van der Waals surface area contributed by atoms with Crippen LogP contribution in [0.25, 0.3) is 0 Å². The summed E-state index contributed by atoms with van der Waals surface area (Å²) in [5, 5.41) is 3.55. The average Bonchev–Trinajstić information content (AvgIpc) is 2.64. The molecule has 0 aromatic heterocycles. The van der Waals surface area contributed by atoms with Gasteiger partial charge in [0.15, 0.2) is 0 Å². The molecule has 2 saturated heterocycles. The van der Waals surface area contributed by atoms with Crippen molar-refractivity contribution in [2.24, 2.45) is 11.8 Å². The Morgan fingerprint density at radius 1 is 1.07 bits per heavy atom. The highest BCUT2D eigenvalue weighted by atomic mass is 35.5. The number of hydrogen-bond donors (Lipinski definition) is 1. The Balaban J connectivity index is 1.45. The van der Waals surface area contributed by atoms with E-state index in [-0.39, 0.29) is 11.9 Å². The number of piperidine rings is 1. The van der Waals surface area contributed by atoms with E-state index >= 15 is 0 Å². The van der Waals surface area contributed by atoms with Gasteiger partial charge in [0.2, 0.25) is 5.91 Å². The summed E-state index contributed by atoms with van der Waals surface area (Å²) in [7, 11) is 0. The van der Waals surface area contributed by atoms with Crippen LogP contribution in [0.3, 0.4) is 0 Å². The molecule has 3 amide bonds. The highest BCUT2D eigenvalue weighted by molar-refractivity contribution is 6.31. The highest BCUT2D eigenvalue weighted by Crippen LogP contribution is 2.22. The summed E-state index contributed by atoms with van der Waals surface area (Å²) in [6.07, 6.45) is 1.20. The Kier molecular flexibility index (Phi) is 6.83. The predicted molar refractivity (Wildman–Crippen MR) is 113 cm³/mol. The SMILES string of the molecule is Cc1ccc(NC(=O)N2CCN(CC(=O)N3CC(C)CC(C)C3)CC2)cc1Cl. The van der Waals surface area contributed by atoms with Gasteiger partial charge in [-0.3, -0.25) is 9.69 Å². The number of amides is 3. The van der Waals surface area contributed by atoms with Gasteiger partial charge >= 0.3 is 6.03 Å². The van der Waals surface area contributed by atoms with Crippen molar-refractivity contribution in [2.45, 2.75) is 27.2 Å². The minimum atomic E-state index is -0.121. The van der Waals surface area contributed by atoms with E-state index in [9.17, 15) is 9.59 Å². The molecule has 2 heterocycles. The smallest absolute Gasteiger partial charge is 0.321 e. The Bertz CT molecular complexity index is 708. The fraction of sp³-hybridized carbons (Fsp3) is 0.619. The Morgan fingerprint density at radius 2 is 1.71 bits per heavy atom. The third-order valence-electron chi connectivity index (χ3n) is 5.66. The summed E-state index contributed by atoms with van der Waals surface area (Å²) in [6.45, 7) is 11.2. The first-order valence-electron chi connectivity index (χ1n) is 10.1. The summed E-state index contributed by atoms with van der Waals surface area (Å²) in [5.74, 6) is 1.36. The number of urea groups is 1. The van der Waals surface area contributed by atoms with Crippen molar-refractivity contribution in [3.8, 4) is 0 Å². The van der Waals surface area contributed by atoms with Crippen LogP contribution in [0.4, 0.5) is 10.5 Å². The van der Waals surface area contributed by atoms with Crippen LogP contribution in [0.2, 0.25) is 5.02 Å². The number of halogens is 1. The molecule has 1 aromatic carbocycles. The molecule has 0 spiro atoms. The van der Waals surface area contributed by atoms with E-state index in [0.717, 1.165) is 18.7 Å². The molecule has 2 atom stereocenters. The summed E-state index contributed by atoms with van der Waals surface area (Å²) < 4.78 is 0. The molecule has 0 radical (unpaired) electrons. The number of likely N-dealkylation sites (tertiary alicyclic amines) is 1. The molecule has 6 nitrogen and oxygen atoms in total. The van der Waals surface area contributed by atoms with E-state index in [1.165, 1.54) is 6.42 Å². The fourth-order valence-corrected chi connectivity index (χ4v) is 4.32. The zero-order chi connectivity index (χ0) is 20.3. The fourth-order valence-electron chi connectivity index (χ4n) is 4.14. The molecule has 2 fully saturated rings. The minimum Gasteiger partial charge on any atom is -0.341 e. The van der Waals surface area contributed by atoms with E-state index in [1.807, 2.05) is 24.0 Å². The number of aryl methyl sites for hydroxylation is 1. The van der Waals surface area contributed by atoms with Crippen molar-refractivity contribution in [2.75, 3.05) is 51.1 Å².